The fourth-order valence-corrected chi connectivity index (χ4v) is 2.30. The van der Waals surface area contributed by atoms with Gasteiger partial charge in [-0.2, -0.15) is 0 Å². The quantitative estimate of drug-likeness (QED) is 0.160. The third kappa shape index (κ3) is 9.11. The zero-order valence-electron chi connectivity index (χ0n) is 15.7. The van der Waals surface area contributed by atoms with Crippen LogP contribution in [0.4, 0.5) is 17.6 Å². The molecule has 0 bridgehead atoms. The van der Waals surface area contributed by atoms with E-state index in [-0.39, 0.29) is 11.1 Å². The van der Waals surface area contributed by atoms with Gasteiger partial charge in [0.2, 0.25) is 0 Å². The van der Waals surface area contributed by atoms with Crippen LogP contribution in [-0.2, 0) is 37.5 Å². The van der Waals surface area contributed by atoms with Crippen LogP contribution in [0, 0.1) is 35.4 Å². The molecule has 10 heteroatoms. The molecule has 0 amide bonds. The zero-order chi connectivity index (χ0) is 23.9. The van der Waals surface area contributed by atoms with Crippen molar-refractivity contribution in [2.24, 2.45) is 0 Å². The molecule has 0 N–H and O–H groups in total. The fraction of sp³-hybridized carbons (Fsp3) is 0. The summed E-state index contributed by atoms with van der Waals surface area (Å²) in [5, 5.41) is 0. The second-order valence-corrected chi connectivity index (χ2v) is 5.51. The maximum absolute atomic E-state index is 13.2. The average molecular weight is 841 g/mol. The van der Waals surface area contributed by atoms with Gasteiger partial charge in [-0.1, -0.05) is 47.5 Å². The molecule has 0 spiro atoms. The van der Waals surface area contributed by atoms with Crippen LogP contribution in [0.1, 0.15) is 0 Å². The van der Waals surface area contributed by atoms with Gasteiger partial charge in [-0.3, -0.25) is 17.6 Å². The van der Waals surface area contributed by atoms with Gasteiger partial charge >= 0.3 is 56.4 Å². The van der Waals surface area contributed by atoms with Crippen molar-refractivity contribution >= 4 is 18.8 Å². The molecule has 0 saturated carbocycles. The normalized spacial score (nSPS) is 9.31. The van der Waals surface area contributed by atoms with Crippen molar-refractivity contribution in [2.45, 2.75) is 0 Å². The predicted octanol–water partition coefficient (Wildman–Crippen LogP) is 7.03. The SMILES string of the molecule is Fc1c[c-]c(-c2ccccn2)c(F)c1.Fc1c[c-]c(-c2ccccn2)c(F)c1.[Cl][Pt+].[Cl][Pt+]. The van der Waals surface area contributed by atoms with Crippen molar-refractivity contribution in [3.05, 3.63) is 108 Å². The Morgan fingerprint density at radius 2 is 1.00 bits per heavy atom. The van der Waals surface area contributed by atoms with E-state index in [0.717, 1.165) is 24.3 Å². The number of nitrogens with zero attached hydrogens (tertiary/aromatic N) is 2. The molecule has 0 radical (unpaired) electrons. The van der Waals surface area contributed by atoms with Gasteiger partial charge in [-0.05, 0) is 23.5 Å². The summed E-state index contributed by atoms with van der Waals surface area (Å²) >= 11 is 3.22. The van der Waals surface area contributed by atoms with Crippen molar-refractivity contribution in [3.63, 3.8) is 0 Å². The van der Waals surface area contributed by atoms with Crippen LogP contribution in [-0.4, -0.2) is 9.97 Å². The number of rotatable bonds is 2. The number of halogens is 6. The number of hydrogen-bond donors (Lipinski definition) is 0. The van der Waals surface area contributed by atoms with E-state index in [1.807, 2.05) is 0 Å². The van der Waals surface area contributed by atoms with Crippen LogP contribution in [0.25, 0.3) is 22.5 Å². The average Bonchev–Trinajstić information content (AvgIpc) is 2.83. The van der Waals surface area contributed by atoms with E-state index in [0.29, 0.717) is 11.4 Å². The van der Waals surface area contributed by atoms with Crippen LogP contribution >= 0.6 is 18.8 Å². The first-order valence-corrected chi connectivity index (χ1v) is 14.0. The van der Waals surface area contributed by atoms with Gasteiger partial charge in [0.05, 0.1) is 0 Å². The van der Waals surface area contributed by atoms with E-state index in [1.54, 1.807) is 86.3 Å². The summed E-state index contributed by atoms with van der Waals surface area (Å²) < 4.78 is 51.6. The van der Waals surface area contributed by atoms with Gasteiger partial charge in [-0.15, -0.1) is 24.3 Å². The Labute approximate surface area is 213 Å². The summed E-state index contributed by atoms with van der Waals surface area (Å²) in [6.07, 6.45) is 3.10. The molecule has 2 heterocycles. The van der Waals surface area contributed by atoms with Crippen molar-refractivity contribution in [1.29, 1.82) is 0 Å². The van der Waals surface area contributed by atoms with Crippen LogP contribution in [0.15, 0.2) is 73.1 Å². The first-order chi connectivity index (χ1) is 15.5. The number of hydrogen-bond acceptors (Lipinski definition) is 2. The minimum atomic E-state index is -0.649. The van der Waals surface area contributed by atoms with Gasteiger partial charge in [0.15, 0.2) is 0 Å². The summed E-state index contributed by atoms with van der Waals surface area (Å²) in [5.41, 5.74) is 1.27. The Morgan fingerprint density at radius 3 is 1.28 bits per heavy atom. The van der Waals surface area contributed by atoms with Gasteiger partial charge in [0.1, 0.15) is 0 Å². The second kappa shape index (κ2) is 16.1. The molecule has 172 valence electrons. The van der Waals surface area contributed by atoms with Crippen molar-refractivity contribution in [3.8, 4) is 22.5 Å². The zero-order valence-corrected chi connectivity index (χ0v) is 21.8. The molecular weight excluding hydrogens is 829 g/mol. The third-order valence-corrected chi connectivity index (χ3v) is 3.56. The fourth-order valence-electron chi connectivity index (χ4n) is 2.30. The first kappa shape index (κ1) is 28.4. The molecule has 2 aromatic carbocycles. The van der Waals surface area contributed by atoms with Gasteiger partial charge < -0.3 is 9.97 Å². The second-order valence-electron chi connectivity index (χ2n) is 5.51. The molecule has 0 unspecified atom stereocenters. The van der Waals surface area contributed by atoms with Crippen LogP contribution in [0.5, 0.6) is 0 Å². The molecule has 2 aromatic heterocycles. The van der Waals surface area contributed by atoms with Crippen molar-refractivity contribution in [1.82, 2.24) is 9.97 Å². The minimum absolute atomic E-state index is 0.187. The van der Waals surface area contributed by atoms with Gasteiger partial charge in [0.25, 0.3) is 0 Å². The van der Waals surface area contributed by atoms with Crippen LogP contribution < -0.4 is 0 Å². The van der Waals surface area contributed by atoms with Gasteiger partial charge in [-0.25, -0.2) is 0 Å². The Balaban J connectivity index is 0.000000277. The van der Waals surface area contributed by atoms with Crippen LogP contribution in [0.2, 0.25) is 0 Å². The Morgan fingerprint density at radius 1 is 0.625 bits per heavy atom. The Bertz CT molecular complexity index is 989. The van der Waals surface area contributed by atoms with E-state index < -0.39 is 23.3 Å². The summed E-state index contributed by atoms with van der Waals surface area (Å²) in [6, 6.07) is 19.1. The molecular formula is C22H12Cl2F4N2Pt2. The maximum atomic E-state index is 13.2. The Kier molecular flexibility index (Phi) is 14.3. The summed E-state index contributed by atoms with van der Waals surface area (Å²) in [5.74, 6) is -2.57. The molecule has 32 heavy (non-hydrogen) atoms. The first-order valence-electron chi connectivity index (χ1n) is 8.35. The number of aromatic nitrogens is 2. The Hall–Kier alpha value is -1.58. The van der Waals surface area contributed by atoms with Crippen molar-refractivity contribution in [2.75, 3.05) is 0 Å². The number of pyridine rings is 2. The van der Waals surface area contributed by atoms with E-state index >= 15 is 0 Å². The third-order valence-electron chi connectivity index (χ3n) is 3.56. The molecule has 4 aromatic rings. The van der Waals surface area contributed by atoms with Crippen LogP contribution in [0.3, 0.4) is 0 Å². The molecule has 0 aliphatic heterocycles. The van der Waals surface area contributed by atoms with E-state index in [9.17, 15) is 17.6 Å². The number of benzene rings is 2. The molecule has 0 aliphatic rings. The molecule has 0 aliphatic carbocycles. The van der Waals surface area contributed by atoms with E-state index in [2.05, 4.69) is 40.9 Å². The van der Waals surface area contributed by atoms with Gasteiger partial charge in [0, 0.05) is 35.7 Å². The molecule has 0 saturated heterocycles. The van der Waals surface area contributed by atoms with Crippen molar-refractivity contribution < 1.29 is 55.1 Å². The molecule has 0 fully saturated rings. The van der Waals surface area contributed by atoms with E-state index in [4.69, 9.17) is 0 Å². The molecule has 4 rings (SSSR count). The topological polar surface area (TPSA) is 25.8 Å². The predicted molar refractivity (Wildman–Crippen MR) is 109 cm³/mol. The summed E-state index contributed by atoms with van der Waals surface area (Å²) in [4.78, 5) is 7.89. The monoisotopic (exact) mass is 840 g/mol. The molecule has 2 nitrogen and oxygen atoms in total. The molecule has 0 atom stereocenters. The van der Waals surface area contributed by atoms with E-state index in [1.165, 1.54) is 0 Å². The summed E-state index contributed by atoms with van der Waals surface area (Å²) in [7, 11) is 9.22. The standard InChI is InChI=1S/2C11H6F2N.2ClH.2Pt/c2*12-8-4-5-9(10(13)7-8)11-3-1-2-6-14-11;;;;/h2*1-4,6-7H;2*1H;;/q2*-1;;;2*+2/p-2. The summed E-state index contributed by atoms with van der Waals surface area (Å²) in [6.45, 7) is 0.